The highest BCUT2D eigenvalue weighted by Crippen LogP contribution is 2.33. The van der Waals surface area contributed by atoms with Gasteiger partial charge < -0.3 is 14.4 Å². The van der Waals surface area contributed by atoms with Crippen molar-refractivity contribution in [1.29, 1.82) is 0 Å². The zero-order valence-electron chi connectivity index (χ0n) is 10.0. The topological polar surface area (TPSA) is 55.5 Å². The van der Waals surface area contributed by atoms with Crippen LogP contribution in [-0.4, -0.2) is 24.0 Å². The highest BCUT2D eigenvalue weighted by Gasteiger charge is 2.15. The first kappa shape index (κ1) is 12.9. The second-order valence-electron chi connectivity index (χ2n) is 3.86. The molecule has 0 spiro atoms. The number of benzene rings is 1. The molecule has 18 heavy (non-hydrogen) atoms. The third-order valence-corrected chi connectivity index (χ3v) is 2.90. The summed E-state index contributed by atoms with van der Waals surface area (Å²) in [6.45, 7) is 0.136. The summed E-state index contributed by atoms with van der Waals surface area (Å²) in [4.78, 5) is 0. The van der Waals surface area contributed by atoms with Crippen molar-refractivity contribution in [1.82, 2.24) is 5.16 Å². The molecule has 4 nitrogen and oxygen atoms in total. The van der Waals surface area contributed by atoms with Crippen LogP contribution in [0.2, 0.25) is 5.02 Å². The molecule has 0 aliphatic heterocycles. The van der Waals surface area contributed by atoms with E-state index in [9.17, 15) is 0 Å². The predicted molar refractivity (Wildman–Crippen MR) is 68.9 cm³/mol. The zero-order chi connectivity index (χ0) is 13.0. The van der Waals surface area contributed by atoms with Gasteiger partial charge in [-0.25, -0.2) is 0 Å². The Hall–Kier alpha value is -1.52. The molecule has 0 aliphatic rings. The minimum atomic E-state index is 0.136. The van der Waals surface area contributed by atoms with Gasteiger partial charge in [0.25, 0.3) is 0 Å². The van der Waals surface area contributed by atoms with E-state index in [1.54, 1.807) is 31.6 Å². The van der Waals surface area contributed by atoms with Gasteiger partial charge in [0, 0.05) is 22.8 Å². The van der Waals surface area contributed by atoms with Crippen LogP contribution in [0.3, 0.4) is 0 Å². The fraction of sp³-hybridized carbons (Fsp3) is 0.308. The zero-order valence-corrected chi connectivity index (χ0v) is 10.8. The van der Waals surface area contributed by atoms with E-state index in [4.69, 9.17) is 26.0 Å². The van der Waals surface area contributed by atoms with Gasteiger partial charge in [-0.1, -0.05) is 16.8 Å². The fourth-order valence-corrected chi connectivity index (χ4v) is 1.96. The van der Waals surface area contributed by atoms with Crippen molar-refractivity contribution in [3.05, 3.63) is 35.0 Å². The molecule has 0 saturated carbocycles. The summed E-state index contributed by atoms with van der Waals surface area (Å²) >= 11 is 5.99. The predicted octanol–water partition coefficient (Wildman–Crippen LogP) is 2.93. The van der Waals surface area contributed by atoms with E-state index >= 15 is 0 Å². The van der Waals surface area contributed by atoms with Gasteiger partial charge in [-0.2, -0.15) is 0 Å². The van der Waals surface area contributed by atoms with E-state index in [2.05, 4.69) is 5.16 Å². The van der Waals surface area contributed by atoms with Crippen molar-refractivity contribution in [3.63, 3.8) is 0 Å². The fourth-order valence-electron chi connectivity index (χ4n) is 1.79. The molecule has 1 heterocycles. The molecule has 0 radical (unpaired) electrons. The summed E-state index contributed by atoms with van der Waals surface area (Å²) in [5.41, 5.74) is 2.44. The average Bonchev–Trinajstić information content (AvgIpc) is 2.84. The Balaban J connectivity index is 2.41. The molecule has 5 heteroatoms. The SMILES string of the molecule is COc1ccc(Cl)cc1-c1nocc1CCCO. The van der Waals surface area contributed by atoms with Crippen molar-refractivity contribution < 1.29 is 14.4 Å². The van der Waals surface area contributed by atoms with E-state index in [0.29, 0.717) is 29.3 Å². The van der Waals surface area contributed by atoms with Gasteiger partial charge in [0.05, 0.1) is 7.11 Å². The molecule has 0 fully saturated rings. The van der Waals surface area contributed by atoms with Crippen molar-refractivity contribution in [3.8, 4) is 17.0 Å². The van der Waals surface area contributed by atoms with Crippen LogP contribution in [-0.2, 0) is 6.42 Å². The Bertz CT molecular complexity index is 525. The monoisotopic (exact) mass is 267 g/mol. The molecular formula is C13H14ClNO3. The van der Waals surface area contributed by atoms with Crippen LogP contribution < -0.4 is 4.74 Å². The number of aliphatic hydroxyl groups is 1. The van der Waals surface area contributed by atoms with Gasteiger partial charge in [-0.15, -0.1) is 0 Å². The number of halogens is 1. The summed E-state index contributed by atoms with van der Waals surface area (Å²) in [5, 5.41) is 13.5. The minimum absolute atomic E-state index is 0.136. The van der Waals surface area contributed by atoms with Crippen LogP contribution in [0, 0.1) is 0 Å². The first-order valence-electron chi connectivity index (χ1n) is 5.64. The normalized spacial score (nSPS) is 10.6. The molecule has 0 aliphatic carbocycles. The number of ether oxygens (including phenoxy) is 1. The Morgan fingerprint density at radius 2 is 2.28 bits per heavy atom. The smallest absolute Gasteiger partial charge is 0.128 e. The van der Waals surface area contributed by atoms with Gasteiger partial charge >= 0.3 is 0 Å². The van der Waals surface area contributed by atoms with Gasteiger partial charge in [-0.3, -0.25) is 0 Å². The molecule has 96 valence electrons. The van der Waals surface area contributed by atoms with Gasteiger partial charge in [0.15, 0.2) is 0 Å². The Labute approximate surface area is 110 Å². The quantitative estimate of drug-likeness (QED) is 0.905. The van der Waals surface area contributed by atoms with Crippen molar-refractivity contribution >= 4 is 11.6 Å². The lowest BCUT2D eigenvalue weighted by Gasteiger charge is -2.07. The highest BCUT2D eigenvalue weighted by molar-refractivity contribution is 6.31. The maximum atomic E-state index is 8.87. The Kier molecular flexibility index (Phi) is 4.23. The van der Waals surface area contributed by atoms with Gasteiger partial charge in [0.1, 0.15) is 17.7 Å². The van der Waals surface area contributed by atoms with E-state index in [0.717, 1.165) is 11.1 Å². The number of methoxy groups -OCH3 is 1. The summed E-state index contributed by atoms with van der Waals surface area (Å²) in [5.74, 6) is 0.693. The molecule has 1 aromatic carbocycles. The summed E-state index contributed by atoms with van der Waals surface area (Å²) in [6, 6.07) is 5.35. The van der Waals surface area contributed by atoms with E-state index < -0.39 is 0 Å². The highest BCUT2D eigenvalue weighted by atomic mass is 35.5. The largest absolute Gasteiger partial charge is 0.496 e. The standard InChI is InChI=1S/C13H14ClNO3/c1-17-12-5-4-10(14)7-11(12)13-9(3-2-6-16)8-18-15-13/h4-5,7-8,16H,2-3,6H2,1H3. The Morgan fingerprint density at radius 3 is 3.00 bits per heavy atom. The lowest BCUT2D eigenvalue weighted by molar-refractivity contribution is 0.288. The number of aryl methyl sites for hydroxylation is 1. The van der Waals surface area contributed by atoms with E-state index in [1.807, 2.05) is 0 Å². The van der Waals surface area contributed by atoms with Crippen LogP contribution in [0.15, 0.2) is 29.0 Å². The van der Waals surface area contributed by atoms with Crippen LogP contribution in [0.25, 0.3) is 11.3 Å². The number of aromatic nitrogens is 1. The molecule has 0 amide bonds. The van der Waals surface area contributed by atoms with Crippen LogP contribution in [0.1, 0.15) is 12.0 Å². The van der Waals surface area contributed by atoms with Crippen LogP contribution >= 0.6 is 11.6 Å². The van der Waals surface area contributed by atoms with Gasteiger partial charge in [-0.05, 0) is 31.0 Å². The summed E-state index contributed by atoms with van der Waals surface area (Å²) < 4.78 is 10.3. The van der Waals surface area contributed by atoms with E-state index in [1.165, 1.54) is 0 Å². The van der Waals surface area contributed by atoms with Crippen molar-refractivity contribution in [2.75, 3.05) is 13.7 Å². The van der Waals surface area contributed by atoms with Gasteiger partial charge in [0.2, 0.25) is 0 Å². The molecule has 0 atom stereocenters. The van der Waals surface area contributed by atoms with Crippen LogP contribution in [0.4, 0.5) is 0 Å². The van der Waals surface area contributed by atoms with Crippen molar-refractivity contribution in [2.45, 2.75) is 12.8 Å². The maximum absolute atomic E-state index is 8.87. The van der Waals surface area contributed by atoms with Crippen molar-refractivity contribution in [2.24, 2.45) is 0 Å². The molecule has 0 unspecified atom stereocenters. The maximum Gasteiger partial charge on any atom is 0.128 e. The second kappa shape index (κ2) is 5.89. The first-order chi connectivity index (χ1) is 8.76. The number of hydrogen-bond acceptors (Lipinski definition) is 4. The number of rotatable bonds is 5. The lowest BCUT2D eigenvalue weighted by atomic mass is 10.0. The summed E-state index contributed by atoms with van der Waals surface area (Å²) in [7, 11) is 1.60. The molecule has 2 rings (SSSR count). The average molecular weight is 268 g/mol. The Morgan fingerprint density at radius 1 is 1.44 bits per heavy atom. The van der Waals surface area contributed by atoms with Crippen LogP contribution in [0.5, 0.6) is 5.75 Å². The molecule has 1 aromatic heterocycles. The third kappa shape index (κ3) is 2.66. The van der Waals surface area contributed by atoms with E-state index in [-0.39, 0.29) is 6.61 Å². The molecule has 0 bridgehead atoms. The molecular weight excluding hydrogens is 254 g/mol. The lowest BCUT2D eigenvalue weighted by Crippen LogP contribution is -1.93. The molecule has 0 saturated heterocycles. The third-order valence-electron chi connectivity index (χ3n) is 2.66. The number of hydrogen-bond donors (Lipinski definition) is 1. The molecule has 1 N–H and O–H groups in total. The number of nitrogens with zero attached hydrogens (tertiary/aromatic N) is 1. The second-order valence-corrected chi connectivity index (χ2v) is 4.30. The number of aliphatic hydroxyl groups excluding tert-OH is 1. The molecule has 2 aromatic rings. The minimum Gasteiger partial charge on any atom is -0.496 e. The first-order valence-corrected chi connectivity index (χ1v) is 6.02. The summed E-state index contributed by atoms with van der Waals surface area (Å²) in [6.07, 6.45) is 2.95.